The van der Waals surface area contributed by atoms with Crippen molar-refractivity contribution in [1.82, 2.24) is 0 Å². The SMILES string of the molecule is COc1ccc(NC2CC(C)(C)OC2(C)C)cc1O. The number of rotatable bonds is 3. The van der Waals surface area contributed by atoms with Crippen LogP contribution >= 0.6 is 0 Å². The van der Waals surface area contributed by atoms with Crippen LogP contribution in [-0.4, -0.2) is 29.5 Å². The smallest absolute Gasteiger partial charge is 0.160 e. The highest BCUT2D eigenvalue weighted by Crippen LogP contribution is 2.39. The van der Waals surface area contributed by atoms with Crippen molar-refractivity contribution in [2.75, 3.05) is 12.4 Å². The topological polar surface area (TPSA) is 50.7 Å². The van der Waals surface area contributed by atoms with E-state index in [1.54, 1.807) is 19.2 Å². The highest BCUT2D eigenvalue weighted by Gasteiger charge is 2.45. The van der Waals surface area contributed by atoms with Crippen molar-refractivity contribution in [3.8, 4) is 11.5 Å². The molecule has 106 valence electrons. The molecule has 0 spiro atoms. The molecule has 1 aliphatic heterocycles. The summed E-state index contributed by atoms with van der Waals surface area (Å²) in [5.41, 5.74) is 0.507. The number of hydrogen-bond acceptors (Lipinski definition) is 4. The van der Waals surface area contributed by atoms with Gasteiger partial charge in [0.1, 0.15) is 0 Å². The number of aromatic hydroxyl groups is 1. The molecule has 4 heteroatoms. The first kappa shape index (κ1) is 14.0. The van der Waals surface area contributed by atoms with Gasteiger partial charge in [-0.25, -0.2) is 0 Å². The molecule has 1 atom stereocenters. The van der Waals surface area contributed by atoms with Gasteiger partial charge in [0.2, 0.25) is 0 Å². The zero-order valence-electron chi connectivity index (χ0n) is 12.3. The molecule has 19 heavy (non-hydrogen) atoms. The second-order valence-corrected chi connectivity index (χ2v) is 6.25. The van der Waals surface area contributed by atoms with E-state index in [1.165, 1.54) is 0 Å². The minimum Gasteiger partial charge on any atom is -0.504 e. The van der Waals surface area contributed by atoms with Gasteiger partial charge in [-0.2, -0.15) is 0 Å². The summed E-state index contributed by atoms with van der Waals surface area (Å²) < 4.78 is 11.1. The van der Waals surface area contributed by atoms with Gasteiger partial charge < -0.3 is 19.9 Å². The fourth-order valence-electron chi connectivity index (χ4n) is 2.77. The third-order valence-corrected chi connectivity index (χ3v) is 3.59. The van der Waals surface area contributed by atoms with Crippen molar-refractivity contribution < 1.29 is 14.6 Å². The number of hydrogen-bond donors (Lipinski definition) is 2. The van der Waals surface area contributed by atoms with Gasteiger partial charge in [-0.1, -0.05) is 0 Å². The number of methoxy groups -OCH3 is 1. The van der Waals surface area contributed by atoms with E-state index in [0.717, 1.165) is 12.1 Å². The Hall–Kier alpha value is -1.42. The number of phenolic OH excluding ortho intramolecular Hbond substituents is 1. The van der Waals surface area contributed by atoms with E-state index in [-0.39, 0.29) is 23.0 Å². The Morgan fingerprint density at radius 2 is 2.00 bits per heavy atom. The average Bonchev–Trinajstić information content (AvgIpc) is 2.47. The molecule has 0 bridgehead atoms. The van der Waals surface area contributed by atoms with E-state index >= 15 is 0 Å². The first-order valence-corrected chi connectivity index (χ1v) is 6.57. The van der Waals surface area contributed by atoms with Crippen molar-refractivity contribution in [2.45, 2.75) is 51.4 Å². The molecule has 4 nitrogen and oxygen atoms in total. The lowest BCUT2D eigenvalue weighted by Gasteiger charge is -2.28. The van der Waals surface area contributed by atoms with Gasteiger partial charge in [0, 0.05) is 11.8 Å². The summed E-state index contributed by atoms with van der Waals surface area (Å²) in [6.45, 7) is 8.37. The van der Waals surface area contributed by atoms with Crippen LogP contribution in [0.2, 0.25) is 0 Å². The first-order valence-electron chi connectivity index (χ1n) is 6.57. The van der Waals surface area contributed by atoms with Gasteiger partial charge in [0.25, 0.3) is 0 Å². The minimum atomic E-state index is -0.237. The number of anilines is 1. The molecule has 0 amide bonds. The maximum atomic E-state index is 9.80. The largest absolute Gasteiger partial charge is 0.504 e. The predicted octanol–water partition coefficient (Wildman–Crippen LogP) is 3.16. The van der Waals surface area contributed by atoms with Crippen molar-refractivity contribution in [3.63, 3.8) is 0 Å². The van der Waals surface area contributed by atoms with Crippen LogP contribution in [0.25, 0.3) is 0 Å². The maximum Gasteiger partial charge on any atom is 0.160 e. The van der Waals surface area contributed by atoms with Gasteiger partial charge in [0.05, 0.1) is 24.4 Å². The van der Waals surface area contributed by atoms with Crippen LogP contribution in [0.1, 0.15) is 34.1 Å². The highest BCUT2D eigenvalue weighted by atomic mass is 16.5. The minimum absolute atomic E-state index is 0.129. The summed E-state index contributed by atoms with van der Waals surface area (Å²) in [6.07, 6.45) is 0.923. The van der Waals surface area contributed by atoms with Crippen LogP contribution in [0.3, 0.4) is 0 Å². The lowest BCUT2D eigenvalue weighted by molar-refractivity contribution is -0.0662. The molecule has 0 aliphatic carbocycles. The zero-order valence-corrected chi connectivity index (χ0v) is 12.3. The van der Waals surface area contributed by atoms with E-state index in [4.69, 9.17) is 9.47 Å². The van der Waals surface area contributed by atoms with Crippen LogP contribution < -0.4 is 10.1 Å². The van der Waals surface area contributed by atoms with Crippen LogP contribution in [-0.2, 0) is 4.74 Å². The molecule has 1 aromatic carbocycles. The van der Waals surface area contributed by atoms with Crippen molar-refractivity contribution in [3.05, 3.63) is 18.2 Å². The molecule has 0 aromatic heterocycles. The van der Waals surface area contributed by atoms with Crippen LogP contribution in [0.4, 0.5) is 5.69 Å². The third-order valence-electron chi connectivity index (χ3n) is 3.59. The van der Waals surface area contributed by atoms with Crippen LogP contribution in [0, 0.1) is 0 Å². The molecule has 1 aliphatic rings. The molecule has 1 fully saturated rings. The molecular weight excluding hydrogens is 242 g/mol. The number of ether oxygens (including phenoxy) is 2. The van der Waals surface area contributed by atoms with Crippen LogP contribution in [0.15, 0.2) is 18.2 Å². The fourth-order valence-corrected chi connectivity index (χ4v) is 2.77. The molecule has 0 saturated carbocycles. The van der Waals surface area contributed by atoms with E-state index in [2.05, 4.69) is 33.0 Å². The van der Waals surface area contributed by atoms with Gasteiger partial charge >= 0.3 is 0 Å². The quantitative estimate of drug-likeness (QED) is 0.881. The monoisotopic (exact) mass is 265 g/mol. The van der Waals surface area contributed by atoms with Gasteiger partial charge in [-0.15, -0.1) is 0 Å². The normalized spacial score (nSPS) is 24.2. The Morgan fingerprint density at radius 1 is 1.32 bits per heavy atom. The van der Waals surface area contributed by atoms with Gasteiger partial charge in [-0.05, 0) is 46.2 Å². The third kappa shape index (κ3) is 2.95. The molecule has 2 N–H and O–H groups in total. The van der Waals surface area contributed by atoms with Crippen molar-refractivity contribution >= 4 is 5.69 Å². The summed E-state index contributed by atoms with van der Waals surface area (Å²) in [5.74, 6) is 0.622. The molecule has 1 unspecified atom stereocenters. The molecule has 2 rings (SSSR count). The number of benzene rings is 1. The van der Waals surface area contributed by atoms with E-state index in [9.17, 15) is 5.11 Å². The molecule has 1 saturated heterocycles. The fraction of sp³-hybridized carbons (Fsp3) is 0.600. The molecule has 1 aromatic rings. The summed E-state index contributed by atoms with van der Waals surface area (Å²) >= 11 is 0. The van der Waals surface area contributed by atoms with Gasteiger partial charge in [0.15, 0.2) is 11.5 Å². The second-order valence-electron chi connectivity index (χ2n) is 6.25. The first-order chi connectivity index (χ1) is 8.73. The van der Waals surface area contributed by atoms with Crippen molar-refractivity contribution in [2.24, 2.45) is 0 Å². The maximum absolute atomic E-state index is 9.80. The van der Waals surface area contributed by atoms with Crippen molar-refractivity contribution in [1.29, 1.82) is 0 Å². The van der Waals surface area contributed by atoms with E-state index in [0.29, 0.717) is 5.75 Å². The van der Waals surface area contributed by atoms with Crippen LogP contribution in [0.5, 0.6) is 11.5 Å². The second kappa shape index (κ2) is 4.60. The number of phenols is 1. The highest BCUT2D eigenvalue weighted by molar-refractivity contribution is 5.55. The lowest BCUT2D eigenvalue weighted by atomic mass is 9.94. The zero-order chi connectivity index (χ0) is 14.3. The Morgan fingerprint density at radius 3 is 2.47 bits per heavy atom. The average molecular weight is 265 g/mol. The molecule has 0 radical (unpaired) electrons. The van der Waals surface area contributed by atoms with E-state index in [1.807, 2.05) is 6.07 Å². The summed E-state index contributed by atoms with van der Waals surface area (Å²) in [4.78, 5) is 0. The standard InChI is InChI=1S/C15H23NO3/c1-14(2)9-13(15(3,4)19-14)16-10-6-7-12(18-5)11(17)8-10/h6-8,13,16-17H,9H2,1-5H3. The summed E-state index contributed by atoms with van der Waals surface area (Å²) in [6, 6.07) is 5.54. The number of nitrogens with one attached hydrogen (secondary N) is 1. The lowest BCUT2D eigenvalue weighted by Crippen LogP contribution is -2.38. The van der Waals surface area contributed by atoms with E-state index < -0.39 is 0 Å². The predicted molar refractivity (Wildman–Crippen MR) is 75.9 cm³/mol. The molecule has 1 heterocycles. The summed E-state index contributed by atoms with van der Waals surface area (Å²) in [7, 11) is 1.54. The van der Waals surface area contributed by atoms with Gasteiger partial charge in [-0.3, -0.25) is 0 Å². The molecular formula is C15H23NO3. The Bertz CT molecular complexity index is 468. The Labute approximate surface area is 114 Å². The summed E-state index contributed by atoms with van der Waals surface area (Å²) in [5, 5.41) is 13.2. The Kier molecular flexibility index (Phi) is 3.39. The Balaban J connectivity index is 2.15.